The van der Waals surface area contributed by atoms with Gasteiger partial charge in [-0.1, -0.05) is 18.2 Å². The lowest BCUT2D eigenvalue weighted by atomic mass is 10.2. The summed E-state index contributed by atoms with van der Waals surface area (Å²) < 4.78 is 8.60. The number of fused-ring (bicyclic) bond motifs is 1. The van der Waals surface area contributed by atoms with Gasteiger partial charge in [0.05, 0.1) is 12.8 Å². The summed E-state index contributed by atoms with van der Waals surface area (Å²) in [5.74, 6) is 0.388. The molecule has 0 unspecified atom stereocenters. The molecule has 1 amide bonds. The molecule has 0 fully saturated rings. The van der Waals surface area contributed by atoms with Crippen molar-refractivity contribution in [3.05, 3.63) is 75.8 Å². The molecule has 28 heavy (non-hydrogen) atoms. The average molecular weight is 442 g/mol. The first-order valence-electron chi connectivity index (χ1n) is 8.50. The Balaban J connectivity index is 1.68. The number of aryl methyl sites for hydroxylation is 1. The number of carbonyl (C=O) groups excluding carboxylic acids is 1. The summed E-state index contributed by atoms with van der Waals surface area (Å²) in [6.07, 6.45) is 2.93. The monoisotopic (exact) mass is 441 g/mol. The lowest BCUT2D eigenvalue weighted by Gasteiger charge is -2.22. The second-order valence-corrected chi connectivity index (χ2v) is 6.94. The molecule has 9 heteroatoms. The average Bonchev–Trinajstić information content (AvgIpc) is 3.30. The minimum atomic E-state index is -0.329. The number of furan rings is 1. The topological polar surface area (TPSA) is 86.2 Å². The molecule has 3 aromatic heterocycles. The van der Waals surface area contributed by atoms with Gasteiger partial charge in [0.1, 0.15) is 28.6 Å². The fourth-order valence-electron chi connectivity index (χ4n) is 2.97. The van der Waals surface area contributed by atoms with Gasteiger partial charge in [0.15, 0.2) is 5.65 Å². The zero-order valence-electron chi connectivity index (χ0n) is 14.9. The lowest BCUT2D eigenvalue weighted by Crippen LogP contribution is -2.36. The molecule has 0 bridgehead atoms. The maximum absolute atomic E-state index is 13.1. The van der Waals surface area contributed by atoms with Crippen molar-refractivity contribution in [1.82, 2.24) is 19.3 Å². The van der Waals surface area contributed by atoms with Crippen LogP contribution in [0.3, 0.4) is 0 Å². The van der Waals surface area contributed by atoms with E-state index in [1.54, 1.807) is 30.3 Å². The number of amides is 1. The highest BCUT2D eigenvalue weighted by atomic mass is 79.9. The molecule has 0 spiro atoms. The molecule has 0 aliphatic heterocycles. The summed E-state index contributed by atoms with van der Waals surface area (Å²) in [5, 5.41) is 4.50. The van der Waals surface area contributed by atoms with E-state index in [0.717, 1.165) is 0 Å². The van der Waals surface area contributed by atoms with Crippen molar-refractivity contribution in [3.63, 3.8) is 0 Å². The van der Waals surface area contributed by atoms with E-state index in [-0.39, 0.29) is 24.6 Å². The number of benzene rings is 1. The van der Waals surface area contributed by atoms with Crippen molar-refractivity contribution in [2.75, 3.05) is 4.90 Å². The van der Waals surface area contributed by atoms with Crippen LogP contribution in [-0.4, -0.2) is 25.2 Å². The third-order valence-corrected chi connectivity index (χ3v) is 4.89. The molecule has 0 N–H and O–H groups in total. The third kappa shape index (κ3) is 3.36. The van der Waals surface area contributed by atoms with Crippen LogP contribution in [0, 0.1) is 0 Å². The normalized spacial score (nSPS) is 11.1. The van der Waals surface area contributed by atoms with Crippen LogP contribution in [-0.2, 0) is 24.9 Å². The van der Waals surface area contributed by atoms with E-state index in [9.17, 15) is 9.59 Å². The van der Waals surface area contributed by atoms with Gasteiger partial charge in [-0.05, 0) is 40.2 Å². The largest absolute Gasteiger partial charge is 0.467 e. The van der Waals surface area contributed by atoms with E-state index in [1.165, 1.54) is 15.6 Å². The van der Waals surface area contributed by atoms with Gasteiger partial charge in [-0.15, -0.1) is 0 Å². The molecule has 0 radical (unpaired) electrons. The number of para-hydroxylation sites is 1. The molecule has 8 nitrogen and oxygen atoms in total. The first kappa shape index (κ1) is 18.2. The Morgan fingerprint density at radius 3 is 2.71 bits per heavy atom. The Kier molecular flexibility index (Phi) is 4.82. The molecule has 0 saturated heterocycles. The van der Waals surface area contributed by atoms with Crippen molar-refractivity contribution in [2.45, 2.75) is 13.1 Å². The first-order chi connectivity index (χ1) is 13.5. The fraction of sp³-hybridized carbons (Fsp3) is 0.158. The number of hydrogen-bond acceptors (Lipinski definition) is 5. The molecular formula is C19H16BrN5O3. The maximum Gasteiger partial charge on any atom is 0.266 e. The molecule has 0 aliphatic carbocycles. The highest BCUT2D eigenvalue weighted by Gasteiger charge is 2.20. The highest BCUT2D eigenvalue weighted by molar-refractivity contribution is 9.10. The quantitative estimate of drug-likeness (QED) is 0.475. The summed E-state index contributed by atoms with van der Waals surface area (Å²) >= 11 is 3.28. The molecular weight excluding hydrogens is 426 g/mol. The lowest BCUT2D eigenvalue weighted by molar-refractivity contribution is -0.119. The Bertz CT molecular complexity index is 1180. The molecule has 4 aromatic rings. The Labute approximate surface area is 168 Å². The zero-order chi connectivity index (χ0) is 19.7. The zero-order valence-corrected chi connectivity index (χ0v) is 16.5. The number of carbonyl (C=O) groups is 1. The van der Waals surface area contributed by atoms with Crippen LogP contribution in [0.1, 0.15) is 5.76 Å². The van der Waals surface area contributed by atoms with E-state index >= 15 is 0 Å². The van der Waals surface area contributed by atoms with Gasteiger partial charge >= 0.3 is 0 Å². The molecule has 0 atom stereocenters. The predicted molar refractivity (Wildman–Crippen MR) is 107 cm³/mol. The molecule has 0 saturated carbocycles. The Morgan fingerprint density at radius 2 is 2.00 bits per heavy atom. The molecule has 0 aliphatic rings. The van der Waals surface area contributed by atoms with E-state index in [2.05, 4.69) is 26.0 Å². The maximum atomic E-state index is 13.1. The van der Waals surface area contributed by atoms with Crippen LogP contribution in [0.25, 0.3) is 11.0 Å². The SMILES string of the molecule is Cn1nc(Br)c2c(=O)n(CC(=O)N(Cc3ccco3)c3ccccc3)cnc21. The molecule has 142 valence electrons. The van der Waals surface area contributed by atoms with E-state index < -0.39 is 0 Å². The van der Waals surface area contributed by atoms with Gasteiger partial charge in [-0.25, -0.2) is 9.67 Å². The van der Waals surface area contributed by atoms with Crippen molar-refractivity contribution >= 4 is 38.6 Å². The number of nitrogens with zero attached hydrogens (tertiary/aromatic N) is 5. The second kappa shape index (κ2) is 7.43. The minimum Gasteiger partial charge on any atom is -0.467 e. The van der Waals surface area contributed by atoms with Crippen LogP contribution in [0.15, 0.2) is 68.9 Å². The van der Waals surface area contributed by atoms with Gasteiger partial charge in [0, 0.05) is 12.7 Å². The second-order valence-electron chi connectivity index (χ2n) is 6.19. The molecule has 4 rings (SSSR count). The summed E-state index contributed by atoms with van der Waals surface area (Å²) in [6, 6.07) is 12.8. The van der Waals surface area contributed by atoms with E-state index in [4.69, 9.17) is 4.42 Å². The van der Waals surface area contributed by atoms with Crippen molar-refractivity contribution < 1.29 is 9.21 Å². The van der Waals surface area contributed by atoms with Crippen LogP contribution in [0.4, 0.5) is 5.69 Å². The highest BCUT2D eigenvalue weighted by Crippen LogP contribution is 2.19. The number of aromatic nitrogens is 4. The summed E-state index contributed by atoms with van der Waals surface area (Å²) in [6.45, 7) is 0.107. The van der Waals surface area contributed by atoms with Crippen LogP contribution in [0.2, 0.25) is 0 Å². The third-order valence-electron chi connectivity index (χ3n) is 4.34. The van der Waals surface area contributed by atoms with Crippen molar-refractivity contribution in [1.29, 1.82) is 0 Å². The van der Waals surface area contributed by atoms with Gasteiger partial charge < -0.3 is 9.32 Å². The number of anilines is 1. The van der Waals surface area contributed by atoms with Crippen LogP contribution in [0.5, 0.6) is 0 Å². The first-order valence-corrected chi connectivity index (χ1v) is 9.29. The molecule has 3 heterocycles. The van der Waals surface area contributed by atoms with Gasteiger partial charge in [0.25, 0.3) is 5.56 Å². The van der Waals surface area contributed by atoms with E-state index in [1.807, 2.05) is 30.3 Å². The number of rotatable bonds is 5. The predicted octanol–water partition coefficient (Wildman–Crippen LogP) is 2.72. The van der Waals surface area contributed by atoms with Crippen LogP contribution >= 0.6 is 15.9 Å². The Hall–Kier alpha value is -3.20. The van der Waals surface area contributed by atoms with Gasteiger partial charge in [0.2, 0.25) is 5.91 Å². The van der Waals surface area contributed by atoms with Crippen LogP contribution < -0.4 is 10.5 Å². The van der Waals surface area contributed by atoms with E-state index in [0.29, 0.717) is 27.1 Å². The number of hydrogen-bond donors (Lipinski definition) is 0. The summed E-state index contributed by atoms with van der Waals surface area (Å²) in [4.78, 5) is 31.8. The van der Waals surface area contributed by atoms with Gasteiger partial charge in [-0.2, -0.15) is 5.10 Å². The van der Waals surface area contributed by atoms with Gasteiger partial charge in [-0.3, -0.25) is 14.2 Å². The number of halogens is 1. The minimum absolute atomic E-state index is 0.154. The Morgan fingerprint density at radius 1 is 1.21 bits per heavy atom. The standard InChI is InChI=1S/C19H16BrN5O3/c1-23-18-16(17(20)22-23)19(27)24(12-21-18)11-15(26)25(10-14-8-5-9-28-14)13-6-3-2-4-7-13/h2-9,12H,10-11H2,1H3. The smallest absolute Gasteiger partial charge is 0.266 e. The van der Waals surface area contributed by atoms with Crippen molar-refractivity contribution in [2.24, 2.45) is 7.05 Å². The fourth-order valence-corrected chi connectivity index (χ4v) is 3.55. The summed E-state index contributed by atoms with van der Waals surface area (Å²) in [5.41, 5.74) is 0.842. The summed E-state index contributed by atoms with van der Waals surface area (Å²) in [7, 11) is 1.70. The molecule has 1 aromatic carbocycles. The van der Waals surface area contributed by atoms with Crippen molar-refractivity contribution in [3.8, 4) is 0 Å².